The Balaban J connectivity index is 2.29. The van der Waals surface area contributed by atoms with Crippen LogP contribution in [-0.4, -0.2) is 22.8 Å². The summed E-state index contributed by atoms with van der Waals surface area (Å²) in [6.45, 7) is 5.46. The van der Waals surface area contributed by atoms with Crippen molar-refractivity contribution >= 4 is 0 Å². The minimum absolute atomic E-state index is 0.315. The molecule has 3 heteroatoms. The van der Waals surface area contributed by atoms with Crippen molar-refractivity contribution in [1.82, 2.24) is 9.88 Å². The summed E-state index contributed by atoms with van der Waals surface area (Å²) in [4.78, 5) is 0. The number of nitrogens with one attached hydrogen (secondary N) is 1. The van der Waals surface area contributed by atoms with E-state index in [1.54, 1.807) is 0 Å². The summed E-state index contributed by atoms with van der Waals surface area (Å²) in [7, 11) is 0. The molecule has 0 aliphatic rings. The molecule has 0 aliphatic heterocycles. The van der Waals surface area contributed by atoms with E-state index < -0.39 is 0 Å². The van der Waals surface area contributed by atoms with Gasteiger partial charge in [-0.15, -0.1) is 0 Å². The van der Waals surface area contributed by atoms with Crippen LogP contribution >= 0.6 is 0 Å². The van der Waals surface area contributed by atoms with Gasteiger partial charge in [-0.2, -0.15) is 0 Å². The van der Waals surface area contributed by atoms with Gasteiger partial charge in [0.15, 0.2) is 0 Å². The molecule has 0 spiro atoms. The van der Waals surface area contributed by atoms with Crippen LogP contribution in [0.2, 0.25) is 0 Å². The van der Waals surface area contributed by atoms with Gasteiger partial charge in [0.25, 0.3) is 0 Å². The van der Waals surface area contributed by atoms with Gasteiger partial charge in [0.2, 0.25) is 0 Å². The molecule has 1 aromatic rings. The van der Waals surface area contributed by atoms with Crippen LogP contribution in [0.25, 0.3) is 0 Å². The van der Waals surface area contributed by atoms with Crippen LogP contribution < -0.4 is 5.32 Å². The fourth-order valence-corrected chi connectivity index (χ4v) is 1.65. The lowest BCUT2D eigenvalue weighted by atomic mass is 10.2. The third-order valence-corrected chi connectivity index (χ3v) is 2.54. The summed E-state index contributed by atoms with van der Waals surface area (Å²) >= 11 is 0. The Bertz CT molecular complexity index is 258. The number of aromatic nitrogens is 1. The zero-order valence-electron chi connectivity index (χ0n) is 9.58. The van der Waals surface area contributed by atoms with Gasteiger partial charge in [0.1, 0.15) is 0 Å². The maximum absolute atomic E-state index is 8.68. The number of aliphatic hydroxyl groups excluding tert-OH is 1. The average Bonchev–Trinajstić information content (AvgIpc) is 2.69. The predicted molar refractivity (Wildman–Crippen MR) is 62.7 cm³/mol. The van der Waals surface area contributed by atoms with E-state index in [1.807, 2.05) is 0 Å². The highest BCUT2D eigenvalue weighted by Gasteiger charge is 1.99. The minimum Gasteiger partial charge on any atom is -0.396 e. The molecular formula is C12H22N2O. The first-order chi connectivity index (χ1) is 7.38. The van der Waals surface area contributed by atoms with Crippen molar-refractivity contribution in [2.24, 2.45) is 0 Å². The van der Waals surface area contributed by atoms with Crippen molar-refractivity contribution in [2.75, 3.05) is 13.2 Å². The third-order valence-electron chi connectivity index (χ3n) is 2.54. The molecule has 0 saturated heterocycles. The fourth-order valence-electron chi connectivity index (χ4n) is 1.65. The quantitative estimate of drug-likeness (QED) is 0.642. The Morgan fingerprint density at radius 3 is 2.93 bits per heavy atom. The van der Waals surface area contributed by atoms with Crippen molar-refractivity contribution in [3.05, 3.63) is 24.0 Å². The maximum Gasteiger partial charge on any atom is 0.0431 e. The molecule has 1 rings (SSSR count). The zero-order valence-corrected chi connectivity index (χ0v) is 9.58. The van der Waals surface area contributed by atoms with Crippen LogP contribution in [0.5, 0.6) is 0 Å². The van der Waals surface area contributed by atoms with Crippen LogP contribution in [0.3, 0.4) is 0 Å². The maximum atomic E-state index is 8.68. The number of unbranched alkanes of at least 4 members (excludes halogenated alkanes) is 2. The second kappa shape index (κ2) is 7.49. The normalized spacial score (nSPS) is 10.8. The first-order valence-electron chi connectivity index (χ1n) is 5.84. The lowest BCUT2D eigenvalue weighted by Crippen LogP contribution is -2.15. The molecule has 0 aliphatic carbocycles. The van der Waals surface area contributed by atoms with Crippen molar-refractivity contribution in [1.29, 1.82) is 0 Å². The predicted octanol–water partition coefficient (Wildman–Crippen LogP) is 1.76. The zero-order chi connectivity index (χ0) is 10.9. The van der Waals surface area contributed by atoms with E-state index >= 15 is 0 Å². The molecule has 3 nitrogen and oxygen atoms in total. The summed E-state index contributed by atoms with van der Waals surface area (Å²) in [5.74, 6) is 0. The number of nitrogens with zero attached hydrogens (tertiary/aromatic N) is 1. The molecule has 0 fully saturated rings. The van der Waals surface area contributed by atoms with E-state index in [-0.39, 0.29) is 0 Å². The van der Waals surface area contributed by atoms with Gasteiger partial charge in [-0.25, -0.2) is 0 Å². The Morgan fingerprint density at radius 2 is 2.20 bits per heavy atom. The van der Waals surface area contributed by atoms with E-state index in [2.05, 4.69) is 35.1 Å². The highest BCUT2D eigenvalue weighted by Crippen LogP contribution is 2.05. The van der Waals surface area contributed by atoms with E-state index in [0.717, 1.165) is 38.9 Å². The number of aliphatic hydroxyl groups is 1. The van der Waals surface area contributed by atoms with Gasteiger partial charge in [0.05, 0.1) is 0 Å². The van der Waals surface area contributed by atoms with E-state index in [0.29, 0.717) is 6.61 Å². The SMILES string of the molecule is CCNCc1cccn1CCCCCO. The highest BCUT2D eigenvalue weighted by atomic mass is 16.2. The Labute approximate surface area is 92.1 Å². The van der Waals surface area contributed by atoms with Crippen LogP contribution in [0.1, 0.15) is 31.9 Å². The molecule has 1 aromatic heterocycles. The molecule has 0 atom stereocenters. The molecular weight excluding hydrogens is 188 g/mol. The second-order valence-corrected chi connectivity index (χ2v) is 3.76. The largest absolute Gasteiger partial charge is 0.396 e. The molecule has 0 amide bonds. The van der Waals surface area contributed by atoms with Gasteiger partial charge >= 0.3 is 0 Å². The van der Waals surface area contributed by atoms with Crippen LogP contribution in [-0.2, 0) is 13.1 Å². The highest BCUT2D eigenvalue weighted by molar-refractivity contribution is 5.06. The molecule has 1 heterocycles. The second-order valence-electron chi connectivity index (χ2n) is 3.76. The monoisotopic (exact) mass is 210 g/mol. The smallest absolute Gasteiger partial charge is 0.0431 e. The topological polar surface area (TPSA) is 37.2 Å². The molecule has 86 valence electrons. The Morgan fingerprint density at radius 1 is 1.33 bits per heavy atom. The average molecular weight is 210 g/mol. The number of aryl methyl sites for hydroxylation is 1. The molecule has 15 heavy (non-hydrogen) atoms. The first-order valence-corrected chi connectivity index (χ1v) is 5.84. The van der Waals surface area contributed by atoms with Crippen molar-refractivity contribution in [3.63, 3.8) is 0 Å². The third kappa shape index (κ3) is 4.49. The van der Waals surface area contributed by atoms with Crippen LogP contribution in [0, 0.1) is 0 Å². The minimum atomic E-state index is 0.315. The Kier molecular flexibility index (Phi) is 6.12. The number of hydrogen-bond acceptors (Lipinski definition) is 2. The molecule has 0 bridgehead atoms. The van der Waals surface area contributed by atoms with Gasteiger partial charge < -0.3 is 15.0 Å². The summed E-state index contributed by atoms with van der Waals surface area (Å²) in [5, 5.41) is 12.0. The van der Waals surface area contributed by atoms with Gasteiger partial charge in [-0.1, -0.05) is 6.92 Å². The summed E-state index contributed by atoms with van der Waals surface area (Å²) in [6, 6.07) is 4.26. The molecule has 0 radical (unpaired) electrons. The van der Waals surface area contributed by atoms with Gasteiger partial charge in [-0.3, -0.25) is 0 Å². The van der Waals surface area contributed by atoms with Crippen molar-refractivity contribution in [2.45, 2.75) is 39.3 Å². The van der Waals surface area contributed by atoms with Crippen molar-refractivity contribution in [3.8, 4) is 0 Å². The molecule has 0 aromatic carbocycles. The molecule has 2 N–H and O–H groups in total. The number of hydrogen-bond donors (Lipinski definition) is 2. The first kappa shape index (κ1) is 12.3. The Hall–Kier alpha value is -0.800. The van der Waals surface area contributed by atoms with E-state index in [9.17, 15) is 0 Å². The van der Waals surface area contributed by atoms with Gasteiger partial charge in [-0.05, 0) is 37.9 Å². The standard InChI is InChI=1S/C12H22N2O/c1-2-13-11-12-7-6-9-14(12)8-4-3-5-10-15/h6-7,9,13,15H,2-5,8,10-11H2,1H3. The van der Waals surface area contributed by atoms with E-state index in [1.165, 1.54) is 5.69 Å². The van der Waals surface area contributed by atoms with Crippen LogP contribution in [0.4, 0.5) is 0 Å². The lowest BCUT2D eigenvalue weighted by Gasteiger charge is -2.09. The van der Waals surface area contributed by atoms with Crippen LogP contribution in [0.15, 0.2) is 18.3 Å². The van der Waals surface area contributed by atoms with Gasteiger partial charge in [0, 0.05) is 31.6 Å². The molecule has 0 saturated carbocycles. The summed E-state index contributed by atoms with van der Waals surface area (Å²) < 4.78 is 2.29. The summed E-state index contributed by atoms with van der Waals surface area (Å²) in [5.41, 5.74) is 1.35. The lowest BCUT2D eigenvalue weighted by molar-refractivity contribution is 0.281. The molecule has 0 unspecified atom stereocenters. The summed E-state index contributed by atoms with van der Waals surface area (Å²) in [6.07, 6.45) is 5.30. The van der Waals surface area contributed by atoms with Crippen molar-refractivity contribution < 1.29 is 5.11 Å². The fraction of sp³-hybridized carbons (Fsp3) is 0.667. The number of rotatable bonds is 8. The van der Waals surface area contributed by atoms with E-state index in [4.69, 9.17) is 5.11 Å².